The van der Waals surface area contributed by atoms with E-state index in [1.54, 1.807) is 6.07 Å². The van der Waals surface area contributed by atoms with Gasteiger partial charge in [-0.2, -0.15) is 9.57 Å². The Balaban J connectivity index is 1.57. The van der Waals surface area contributed by atoms with Crippen LogP contribution in [0.25, 0.3) is 0 Å². The van der Waals surface area contributed by atoms with Gasteiger partial charge in [-0.1, -0.05) is 17.7 Å². The van der Waals surface area contributed by atoms with Gasteiger partial charge in [0.1, 0.15) is 5.54 Å². The zero-order valence-electron chi connectivity index (χ0n) is 16.6. The Morgan fingerprint density at radius 3 is 2.39 bits per heavy atom. The van der Waals surface area contributed by atoms with Gasteiger partial charge in [-0.15, -0.1) is 0 Å². The number of nitrogens with zero attached hydrogens (tertiary/aromatic N) is 3. The van der Waals surface area contributed by atoms with Crippen LogP contribution in [0.2, 0.25) is 0 Å². The summed E-state index contributed by atoms with van der Waals surface area (Å²) < 4.78 is 27.4. The van der Waals surface area contributed by atoms with Gasteiger partial charge >= 0.3 is 0 Å². The van der Waals surface area contributed by atoms with E-state index in [0.717, 1.165) is 24.0 Å². The van der Waals surface area contributed by atoms with E-state index in [1.165, 1.54) is 4.31 Å². The number of hydrogen-bond acceptors (Lipinski definition) is 5. The van der Waals surface area contributed by atoms with Gasteiger partial charge in [0.15, 0.2) is 0 Å². The average Bonchev–Trinajstić information content (AvgIpc) is 3.10. The molecule has 1 aromatic carbocycles. The molecule has 1 aromatic rings. The van der Waals surface area contributed by atoms with Crippen molar-refractivity contribution in [1.29, 1.82) is 5.26 Å². The van der Waals surface area contributed by atoms with Crippen LogP contribution in [0.3, 0.4) is 0 Å². The van der Waals surface area contributed by atoms with Crippen LogP contribution in [0, 0.1) is 25.2 Å². The summed E-state index contributed by atoms with van der Waals surface area (Å²) in [5, 5.41) is 12.3. The minimum atomic E-state index is -3.53. The molecular formula is C20H28N4O3S. The molecule has 0 radical (unpaired) electrons. The van der Waals surface area contributed by atoms with Crippen molar-refractivity contribution in [2.45, 2.75) is 50.0 Å². The number of aryl methyl sites for hydroxylation is 2. The number of piperazine rings is 1. The highest BCUT2D eigenvalue weighted by molar-refractivity contribution is 7.89. The third kappa shape index (κ3) is 4.37. The molecule has 1 N–H and O–H groups in total. The molecule has 0 unspecified atom stereocenters. The lowest BCUT2D eigenvalue weighted by molar-refractivity contribution is -0.123. The van der Waals surface area contributed by atoms with Crippen LogP contribution in [0.15, 0.2) is 23.1 Å². The first-order valence-corrected chi connectivity index (χ1v) is 11.2. The highest BCUT2D eigenvalue weighted by atomic mass is 32.2. The third-order valence-corrected chi connectivity index (χ3v) is 7.76. The quantitative estimate of drug-likeness (QED) is 0.804. The molecule has 0 aromatic heterocycles. The van der Waals surface area contributed by atoms with E-state index in [1.807, 2.05) is 30.9 Å². The predicted octanol–water partition coefficient (Wildman–Crippen LogP) is 1.56. The maximum absolute atomic E-state index is 13.0. The fraction of sp³-hybridized carbons (Fsp3) is 0.600. The molecule has 3 rings (SSSR count). The van der Waals surface area contributed by atoms with Crippen LogP contribution in [-0.2, 0) is 14.8 Å². The molecule has 7 nitrogen and oxygen atoms in total. The molecule has 1 amide bonds. The lowest BCUT2D eigenvalue weighted by atomic mass is 10.00. The normalized spacial score (nSPS) is 20.6. The lowest BCUT2D eigenvalue weighted by Crippen LogP contribution is -2.53. The van der Waals surface area contributed by atoms with E-state index in [4.69, 9.17) is 0 Å². The molecule has 1 aliphatic heterocycles. The summed E-state index contributed by atoms with van der Waals surface area (Å²) in [6.07, 6.45) is 3.33. The van der Waals surface area contributed by atoms with Crippen LogP contribution in [0.5, 0.6) is 0 Å². The number of carbonyl (C=O) groups is 1. The smallest absolute Gasteiger partial charge is 0.243 e. The monoisotopic (exact) mass is 404 g/mol. The van der Waals surface area contributed by atoms with Crippen molar-refractivity contribution in [1.82, 2.24) is 14.5 Å². The average molecular weight is 405 g/mol. The summed E-state index contributed by atoms with van der Waals surface area (Å²) in [6.45, 7) is 5.65. The first kappa shape index (κ1) is 20.8. The second-order valence-electron chi connectivity index (χ2n) is 7.90. The number of rotatable bonds is 5. The molecule has 0 bridgehead atoms. The third-order valence-electron chi connectivity index (χ3n) is 5.70. The van der Waals surface area contributed by atoms with Crippen molar-refractivity contribution in [2.75, 3.05) is 32.7 Å². The number of benzene rings is 1. The molecule has 0 atom stereocenters. The summed E-state index contributed by atoms with van der Waals surface area (Å²) in [5.41, 5.74) is 1.07. The molecule has 1 heterocycles. The fourth-order valence-electron chi connectivity index (χ4n) is 4.11. The van der Waals surface area contributed by atoms with Gasteiger partial charge in [0.05, 0.1) is 17.5 Å². The van der Waals surface area contributed by atoms with Crippen molar-refractivity contribution < 1.29 is 13.2 Å². The Morgan fingerprint density at radius 2 is 1.82 bits per heavy atom. The number of nitriles is 1. The van der Waals surface area contributed by atoms with E-state index in [2.05, 4.69) is 11.4 Å². The predicted molar refractivity (Wildman–Crippen MR) is 106 cm³/mol. The van der Waals surface area contributed by atoms with Gasteiger partial charge in [0.2, 0.25) is 15.9 Å². The molecule has 0 spiro atoms. The summed E-state index contributed by atoms with van der Waals surface area (Å²) >= 11 is 0. The molecule has 8 heteroatoms. The van der Waals surface area contributed by atoms with E-state index in [0.29, 0.717) is 43.9 Å². The van der Waals surface area contributed by atoms with Gasteiger partial charge in [-0.3, -0.25) is 9.69 Å². The number of sulfonamides is 1. The first-order chi connectivity index (χ1) is 13.3. The Bertz CT molecular complexity index is 877. The summed E-state index contributed by atoms with van der Waals surface area (Å²) in [7, 11) is -3.53. The summed E-state index contributed by atoms with van der Waals surface area (Å²) in [6, 6.07) is 7.62. The number of carbonyl (C=O) groups excluding carboxylic acids is 1. The fourth-order valence-corrected chi connectivity index (χ4v) is 5.74. The van der Waals surface area contributed by atoms with Crippen LogP contribution >= 0.6 is 0 Å². The standard InChI is InChI=1S/C20H28N4O3S/c1-16-5-6-18(17(2)13-16)28(26,27)24-11-9-23(10-12-24)14-19(25)22-20(15-21)7-3-4-8-20/h5-6,13H,3-4,7-12,14H2,1-2H3,(H,22,25). The molecular weight excluding hydrogens is 376 g/mol. The van der Waals surface area contributed by atoms with E-state index in [9.17, 15) is 18.5 Å². The maximum atomic E-state index is 13.0. The van der Waals surface area contributed by atoms with Crippen LogP contribution < -0.4 is 5.32 Å². The second-order valence-corrected chi connectivity index (χ2v) is 9.80. The number of nitrogens with one attached hydrogen (secondary N) is 1. The van der Waals surface area contributed by atoms with Gasteiger partial charge in [0.25, 0.3) is 0 Å². The van der Waals surface area contributed by atoms with Gasteiger partial charge in [0, 0.05) is 26.2 Å². The molecule has 1 saturated heterocycles. The Kier molecular flexibility index (Phi) is 6.08. The Morgan fingerprint density at radius 1 is 1.18 bits per heavy atom. The summed E-state index contributed by atoms with van der Waals surface area (Å²) in [4.78, 5) is 14.7. The van der Waals surface area contributed by atoms with Gasteiger partial charge in [-0.25, -0.2) is 8.42 Å². The minimum absolute atomic E-state index is 0.158. The minimum Gasteiger partial charge on any atom is -0.337 e. The van der Waals surface area contributed by atoms with E-state index in [-0.39, 0.29) is 12.5 Å². The molecule has 2 fully saturated rings. The Hall–Kier alpha value is -1.95. The second kappa shape index (κ2) is 8.19. The van der Waals surface area contributed by atoms with Crippen LogP contribution in [0.4, 0.5) is 0 Å². The zero-order chi connectivity index (χ0) is 20.4. The molecule has 1 saturated carbocycles. The number of hydrogen-bond donors (Lipinski definition) is 1. The van der Waals surface area contributed by atoms with Crippen molar-refractivity contribution in [3.63, 3.8) is 0 Å². The van der Waals surface area contributed by atoms with E-state index >= 15 is 0 Å². The topological polar surface area (TPSA) is 93.5 Å². The van der Waals surface area contributed by atoms with Gasteiger partial charge < -0.3 is 5.32 Å². The molecule has 1 aliphatic carbocycles. The van der Waals surface area contributed by atoms with Crippen molar-refractivity contribution in [3.8, 4) is 6.07 Å². The van der Waals surface area contributed by atoms with E-state index < -0.39 is 15.6 Å². The van der Waals surface area contributed by atoms with Crippen LogP contribution in [0.1, 0.15) is 36.8 Å². The molecule has 28 heavy (non-hydrogen) atoms. The first-order valence-electron chi connectivity index (χ1n) is 9.78. The largest absolute Gasteiger partial charge is 0.337 e. The zero-order valence-corrected chi connectivity index (χ0v) is 17.4. The SMILES string of the molecule is Cc1ccc(S(=O)(=O)N2CCN(CC(=O)NC3(C#N)CCCC3)CC2)c(C)c1. The molecule has 2 aliphatic rings. The van der Waals surface area contributed by atoms with Crippen molar-refractivity contribution in [3.05, 3.63) is 29.3 Å². The highest BCUT2D eigenvalue weighted by Gasteiger charge is 2.36. The molecule has 152 valence electrons. The Labute approximate surface area is 167 Å². The lowest BCUT2D eigenvalue weighted by Gasteiger charge is -2.34. The maximum Gasteiger partial charge on any atom is 0.243 e. The number of amides is 1. The highest BCUT2D eigenvalue weighted by Crippen LogP contribution is 2.29. The summed E-state index contributed by atoms with van der Waals surface area (Å²) in [5.74, 6) is -0.158. The van der Waals surface area contributed by atoms with Crippen molar-refractivity contribution >= 4 is 15.9 Å². The van der Waals surface area contributed by atoms with Crippen molar-refractivity contribution in [2.24, 2.45) is 0 Å². The van der Waals surface area contributed by atoms with Crippen LogP contribution in [-0.4, -0.2) is 61.8 Å². The van der Waals surface area contributed by atoms with Gasteiger partial charge in [-0.05, 0) is 51.2 Å².